The number of likely N-dealkylation sites (tertiary alicyclic amines) is 1. The highest BCUT2D eigenvalue weighted by molar-refractivity contribution is 5.72. The number of nitrogens with zero attached hydrogens (tertiary/aromatic N) is 1. The molecule has 0 aliphatic carbocycles. The number of hydrogen-bond acceptors (Lipinski definition) is 3. The Balaban J connectivity index is 1.74. The SMILES string of the molecule is CC1CCCN(CC(C)C(=O)OCc2ccccc2)CC1. The van der Waals surface area contributed by atoms with Crippen LogP contribution in [0.3, 0.4) is 0 Å². The van der Waals surface area contributed by atoms with Crippen molar-refractivity contribution >= 4 is 5.97 Å². The summed E-state index contributed by atoms with van der Waals surface area (Å²) < 4.78 is 5.42. The lowest BCUT2D eigenvalue weighted by atomic mass is 10.0. The quantitative estimate of drug-likeness (QED) is 0.777. The molecule has 0 radical (unpaired) electrons. The van der Waals surface area contributed by atoms with E-state index in [1.807, 2.05) is 37.3 Å². The van der Waals surface area contributed by atoms with Crippen molar-refractivity contribution in [3.8, 4) is 0 Å². The summed E-state index contributed by atoms with van der Waals surface area (Å²) in [6.07, 6.45) is 3.79. The Labute approximate surface area is 128 Å². The minimum atomic E-state index is -0.0869. The van der Waals surface area contributed by atoms with Gasteiger partial charge in [-0.1, -0.05) is 44.2 Å². The van der Waals surface area contributed by atoms with Gasteiger partial charge in [0, 0.05) is 6.54 Å². The number of ether oxygens (including phenoxy) is 1. The van der Waals surface area contributed by atoms with E-state index in [-0.39, 0.29) is 11.9 Å². The molecule has 2 atom stereocenters. The third-order valence-electron chi connectivity index (χ3n) is 4.27. The molecule has 1 aliphatic heterocycles. The normalized spacial score (nSPS) is 21.5. The Morgan fingerprint density at radius 1 is 1.29 bits per heavy atom. The maximum absolute atomic E-state index is 12.1. The molecule has 0 spiro atoms. The zero-order valence-electron chi connectivity index (χ0n) is 13.3. The summed E-state index contributed by atoms with van der Waals surface area (Å²) >= 11 is 0. The summed E-state index contributed by atoms with van der Waals surface area (Å²) in [6.45, 7) is 7.71. The minimum absolute atomic E-state index is 0.0536. The third kappa shape index (κ3) is 5.50. The second-order valence-electron chi connectivity index (χ2n) is 6.33. The van der Waals surface area contributed by atoms with Crippen LogP contribution in [0, 0.1) is 11.8 Å². The van der Waals surface area contributed by atoms with Crippen molar-refractivity contribution in [1.29, 1.82) is 0 Å². The van der Waals surface area contributed by atoms with E-state index in [0.717, 1.165) is 31.1 Å². The summed E-state index contributed by atoms with van der Waals surface area (Å²) in [5, 5.41) is 0. The Kier molecular flexibility index (Phi) is 6.24. The van der Waals surface area contributed by atoms with Crippen molar-refractivity contribution in [2.75, 3.05) is 19.6 Å². The van der Waals surface area contributed by atoms with Gasteiger partial charge in [0.2, 0.25) is 0 Å². The molecule has 0 aromatic heterocycles. The van der Waals surface area contributed by atoms with Crippen LogP contribution in [-0.2, 0) is 16.1 Å². The molecule has 0 N–H and O–H groups in total. The smallest absolute Gasteiger partial charge is 0.310 e. The van der Waals surface area contributed by atoms with Crippen LogP contribution in [0.15, 0.2) is 30.3 Å². The maximum Gasteiger partial charge on any atom is 0.310 e. The van der Waals surface area contributed by atoms with Gasteiger partial charge in [-0.3, -0.25) is 4.79 Å². The van der Waals surface area contributed by atoms with Gasteiger partial charge in [-0.05, 0) is 43.8 Å². The molecule has 1 aromatic carbocycles. The largest absolute Gasteiger partial charge is 0.461 e. The van der Waals surface area contributed by atoms with E-state index in [0.29, 0.717) is 6.61 Å². The number of carbonyl (C=O) groups excluding carboxylic acids is 1. The fourth-order valence-corrected chi connectivity index (χ4v) is 2.84. The molecular weight excluding hydrogens is 262 g/mol. The van der Waals surface area contributed by atoms with Crippen LogP contribution in [0.1, 0.15) is 38.7 Å². The van der Waals surface area contributed by atoms with E-state index in [1.54, 1.807) is 0 Å². The van der Waals surface area contributed by atoms with E-state index in [4.69, 9.17) is 4.74 Å². The predicted octanol–water partition coefficient (Wildman–Crippen LogP) is 3.49. The average molecular weight is 289 g/mol. The van der Waals surface area contributed by atoms with Crippen molar-refractivity contribution in [1.82, 2.24) is 4.90 Å². The van der Waals surface area contributed by atoms with Crippen LogP contribution in [0.2, 0.25) is 0 Å². The van der Waals surface area contributed by atoms with Gasteiger partial charge in [0.1, 0.15) is 6.61 Å². The van der Waals surface area contributed by atoms with Crippen molar-refractivity contribution in [3.63, 3.8) is 0 Å². The zero-order chi connectivity index (χ0) is 15.1. The van der Waals surface area contributed by atoms with Crippen LogP contribution in [0.4, 0.5) is 0 Å². The Hall–Kier alpha value is -1.35. The number of esters is 1. The van der Waals surface area contributed by atoms with Crippen molar-refractivity contribution in [3.05, 3.63) is 35.9 Å². The number of hydrogen-bond donors (Lipinski definition) is 0. The predicted molar refractivity (Wildman–Crippen MR) is 84.9 cm³/mol. The maximum atomic E-state index is 12.1. The first-order valence-electron chi connectivity index (χ1n) is 8.08. The van der Waals surface area contributed by atoms with Gasteiger partial charge in [0.15, 0.2) is 0 Å². The molecule has 1 aromatic rings. The topological polar surface area (TPSA) is 29.5 Å². The van der Waals surface area contributed by atoms with Crippen LogP contribution in [0.5, 0.6) is 0 Å². The molecule has 0 bridgehead atoms. The fraction of sp³-hybridized carbons (Fsp3) is 0.611. The van der Waals surface area contributed by atoms with E-state index in [2.05, 4.69) is 11.8 Å². The molecule has 1 saturated heterocycles. The summed E-state index contributed by atoms with van der Waals surface area (Å²) in [4.78, 5) is 14.5. The molecule has 116 valence electrons. The molecule has 21 heavy (non-hydrogen) atoms. The van der Waals surface area contributed by atoms with E-state index in [1.165, 1.54) is 19.3 Å². The summed E-state index contributed by atoms with van der Waals surface area (Å²) in [6, 6.07) is 9.85. The van der Waals surface area contributed by atoms with E-state index in [9.17, 15) is 4.79 Å². The van der Waals surface area contributed by atoms with Crippen molar-refractivity contribution in [2.24, 2.45) is 11.8 Å². The average Bonchev–Trinajstić information content (AvgIpc) is 2.70. The lowest BCUT2D eigenvalue weighted by Gasteiger charge is -2.23. The summed E-state index contributed by atoms with van der Waals surface area (Å²) in [5.74, 6) is 0.675. The second-order valence-corrected chi connectivity index (χ2v) is 6.33. The molecule has 1 fully saturated rings. The second kappa shape index (κ2) is 8.18. The van der Waals surface area contributed by atoms with Crippen molar-refractivity contribution in [2.45, 2.75) is 39.7 Å². The van der Waals surface area contributed by atoms with Gasteiger partial charge < -0.3 is 9.64 Å². The van der Waals surface area contributed by atoms with Crippen molar-refractivity contribution < 1.29 is 9.53 Å². The molecule has 3 nitrogen and oxygen atoms in total. The summed E-state index contributed by atoms with van der Waals surface area (Å²) in [5.41, 5.74) is 1.04. The molecule has 2 unspecified atom stereocenters. The minimum Gasteiger partial charge on any atom is -0.461 e. The molecular formula is C18H27NO2. The van der Waals surface area contributed by atoms with Gasteiger partial charge in [0.25, 0.3) is 0 Å². The number of benzene rings is 1. The number of carbonyl (C=O) groups is 1. The first kappa shape index (κ1) is 16.0. The molecule has 1 aliphatic rings. The van der Waals surface area contributed by atoms with Crippen LogP contribution in [0.25, 0.3) is 0 Å². The molecule has 3 heteroatoms. The van der Waals surface area contributed by atoms with E-state index < -0.39 is 0 Å². The van der Waals surface area contributed by atoms with Gasteiger partial charge in [0.05, 0.1) is 5.92 Å². The number of rotatable bonds is 5. The third-order valence-corrected chi connectivity index (χ3v) is 4.27. The highest BCUT2D eigenvalue weighted by Gasteiger charge is 2.20. The first-order chi connectivity index (χ1) is 10.1. The molecule has 0 amide bonds. The van der Waals surface area contributed by atoms with Gasteiger partial charge in [-0.15, -0.1) is 0 Å². The zero-order valence-corrected chi connectivity index (χ0v) is 13.3. The standard InChI is InChI=1S/C18H27NO2/c1-15-7-6-11-19(12-10-15)13-16(2)18(20)21-14-17-8-4-3-5-9-17/h3-5,8-9,15-16H,6-7,10-14H2,1-2H3. The monoisotopic (exact) mass is 289 g/mol. The molecule has 2 rings (SSSR count). The van der Waals surface area contributed by atoms with Gasteiger partial charge >= 0.3 is 5.97 Å². The van der Waals surface area contributed by atoms with Crippen LogP contribution in [-0.4, -0.2) is 30.5 Å². The molecule has 0 saturated carbocycles. The lowest BCUT2D eigenvalue weighted by Crippen LogP contribution is -2.33. The van der Waals surface area contributed by atoms with Crippen LogP contribution < -0.4 is 0 Å². The highest BCUT2D eigenvalue weighted by Crippen LogP contribution is 2.17. The van der Waals surface area contributed by atoms with Crippen LogP contribution >= 0.6 is 0 Å². The fourth-order valence-electron chi connectivity index (χ4n) is 2.84. The lowest BCUT2D eigenvalue weighted by molar-refractivity contribution is -0.149. The first-order valence-corrected chi connectivity index (χ1v) is 8.08. The molecule has 1 heterocycles. The Bertz CT molecular complexity index is 432. The highest BCUT2D eigenvalue weighted by atomic mass is 16.5. The van der Waals surface area contributed by atoms with E-state index >= 15 is 0 Å². The Morgan fingerprint density at radius 3 is 2.81 bits per heavy atom. The van der Waals surface area contributed by atoms with Gasteiger partial charge in [-0.2, -0.15) is 0 Å². The Morgan fingerprint density at radius 2 is 2.05 bits per heavy atom. The van der Waals surface area contributed by atoms with Gasteiger partial charge in [-0.25, -0.2) is 0 Å². The summed E-state index contributed by atoms with van der Waals surface area (Å²) in [7, 11) is 0.